The molecule has 0 aromatic carbocycles. The quantitative estimate of drug-likeness (QED) is 0.0320. The van der Waals surface area contributed by atoms with Crippen LogP contribution in [0.25, 0.3) is 0 Å². The molecule has 1 amide bonds. The van der Waals surface area contributed by atoms with E-state index >= 15 is 0 Å². The van der Waals surface area contributed by atoms with Gasteiger partial charge < -0.3 is 20.3 Å². The summed E-state index contributed by atoms with van der Waals surface area (Å²) in [5.41, 5.74) is 0. The lowest BCUT2D eigenvalue weighted by Crippen LogP contribution is -2.45. The topological polar surface area (TPSA) is 95.9 Å². The van der Waals surface area contributed by atoms with Gasteiger partial charge in [-0.1, -0.05) is 353 Å². The third kappa shape index (κ3) is 67.3. The van der Waals surface area contributed by atoms with Crippen molar-refractivity contribution in [3.63, 3.8) is 0 Å². The maximum Gasteiger partial charge on any atom is 0.305 e. The average molecular weight is 1140 g/mol. The Morgan fingerprint density at radius 2 is 0.580 bits per heavy atom. The number of ether oxygens (including phenoxy) is 1. The molecule has 0 saturated heterocycles. The number of unbranched alkanes of at least 4 members (excludes halogenated alkanes) is 55. The van der Waals surface area contributed by atoms with Gasteiger partial charge in [-0.3, -0.25) is 9.59 Å². The summed E-state index contributed by atoms with van der Waals surface area (Å²) in [7, 11) is 0. The summed E-state index contributed by atoms with van der Waals surface area (Å²) >= 11 is 0. The molecule has 0 spiro atoms. The molecule has 0 aliphatic heterocycles. The van der Waals surface area contributed by atoms with Gasteiger partial charge in [0.15, 0.2) is 0 Å². The second kappa shape index (κ2) is 70.8. The van der Waals surface area contributed by atoms with Gasteiger partial charge in [0.1, 0.15) is 0 Å². The van der Waals surface area contributed by atoms with Gasteiger partial charge in [0.25, 0.3) is 0 Å². The number of aliphatic hydroxyl groups is 2. The van der Waals surface area contributed by atoms with Crippen LogP contribution in [0.4, 0.5) is 0 Å². The maximum atomic E-state index is 12.5. The third-order valence-electron chi connectivity index (χ3n) is 17.5. The molecule has 2 atom stereocenters. The predicted octanol–water partition coefficient (Wildman–Crippen LogP) is 24.1. The molecule has 2 unspecified atom stereocenters. The van der Waals surface area contributed by atoms with Crippen molar-refractivity contribution < 1.29 is 24.5 Å². The van der Waals surface area contributed by atoms with Gasteiger partial charge in [0, 0.05) is 12.8 Å². The zero-order chi connectivity index (χ0) is 58.5. The minimum Gasteiger partial charge on any atom is -0.466 e. The summed E-state index contributed by atoms with van der Waals surface area (Å²) in [5.74, 6) is -0.0159. The normalized spacial score (nSPS) is 12.6. The number of esters is 1. The van der Waals surface area contributed by atoms with Crippen molar-refractivity contribution in [1.82, 2.24) is 5.32 Å². The van der Waals surface area contributed by atoms with E-state index in [-0.39, 0.29) is 18.5 Å². The Morgan fingerprint density at radius 3 is 0.877 bits per heavy atom. The largest absolute Gasteiger partial charge is 0.466 e. The van der Waals surface area contributed by atoms with Crippen molar-refractivity contribution in [2.45, 2.75) is 431 Å². The molecule has 0 rings (SSSR count). The average Bonchev–Trinajstić information content (AvgIpc) is 3.47. The Morgan fingerprint density at radius 1 is 0.333 bits per heavy atom. The molecule has 6 heteroatoms. The fourth-order valence-corrected chi connectivity index (χ4v) is 11.8. The number of carbonyl (C=O) groups is 2. The van der Waals surface area contributed by atoms with Crippen LogP contribution in [0.2, 0.25) is 0 Å². The minimum atomic E-state index is -0.661. The standard InChI is InChI=1S/C75H145NO5/c1-3-5-7-9-11-13-15-17-40-43-47-51-55-59-63-67-73(78)72(71-77)76-74(79)68-64-60-56-52-48-44-41-38-36-34-32-30-28-26-24-22-20-19-21-23-25-27-29-31-33-35-37-39-42-46-50-54-58-62-66-70-81-75(80)69-65-61-57-53-49-45-18-16-14-12-10-8-6-4-2/h16,18,21,23,72-73,77-78H,3-15,17,19-20,22,24-71H2,1-2H3,(H,76,79)/b18-16-,23-21-. The van der Waals surface area contributed by atoms with E-state index in [1.54, 1.807) is 0 Å². The summed E-state index contributed by atoms with van der Waals surface area (Å²) in [5, 5.41) is 23.3. The highest BCUT2D eigenvalue weighted by atomic mass is 16.5. The van der Waals surface area contributed by atoms with Crippen LogP contribution in [0.15, 0.2) is 24.3 Å². The second-order valence-electron chi connectivity index (χ2n) is 25.6. The minimum absolute atomic E-state index is 0.0123. The van der Waals surface area contributed by atoms with Crippen LogP contribution in [0.1, 0.15) is 418 Å². The van der Waals surface area contributed by atoms with Gasteiger partial charge >= 0.3 is 5.97 Å². The van der Waals surface area contributed by atoms with Gasteiger partial charge in [-0.25, -0.2) is 0 Å². The Kier molecular flexibility index (Phi) is 69.4. The Hall–Kier alpha value is -1.66. The van der Waals surface area contributed by atoms with Gasteiger partial charge in [-0.05, 0) is 77.0 Å². The first-order chi connectivity index (χ1) is 40.0. The maximum absolute atomic E-state index is 12.5. The molecule has 0 fully saturated rings. The summed E-state index contributed by atoms with van der Waals surface area (Å²) in [4.78, 5) is 24.6. The monoisotopic (exact) mass is 1140 g/mol. The summed E-state index contributed by atoms with van der Waals surface area (Å²) in [6, 6.07) is -0.538. The van der Waals surface area contributed by atoms with E-state index in [1.807, 2.05) is 0 Å². The number of amides is 1. The summed E-state index contributed by atoms with van der Waals surface area (Å²) in [6.45, 7) is 4.98. The van der Waals surface area contributed by atoms with E-state index in [0.717, 1.165) is 44.9 Å². The molecular weight excluding hydrogens is 995 g/mol. The van der Waals surface area contributed by atoms with Crippen molar-refractivity contribution in [3.8, 4) is 0 Å². The van der Waals surface area contributed by atoms with E-state index in [9.17, 15) is 19.8 Å². The number of rotatable bonds is 70. The lowest BCUT2D eigenvalue weighted by molar-refractivity contribution is -0.143. The number of carbonyl (C=O) groups excluding carboxylic acids is 2. The third-order valence-corrected chi connectivity index (χ3v) is 17.5. The summed E-state index contributed by atoms with van der Waals surface area (Å²) < 4.78 is 5.49. The smallest absolute Gasteiger partial charge is 0.305 e. The van der Waals surface area contributed by atoms with Gasteiger partial charge in [-0.15, -0.1) is 0 Å². The predicted molar refractivity (Wildman–Crippen MR) is 356 cm³/mol. The van der Waals surface area contributed by atoms with Crippen LogP contribution < -0.4 is 5.32 Å². The second-order valence-corrected chi connectivity index (χ2v) is 25.6. The lowest BCUT2D eigenvalue weighted by atomic mass is 10.0. The van der Waals surface area contributed by atoms with Crippen LogP contribution in [0.5, 0.6) is 0 Å². The molecule has 0 aromatic rings. The van der Waals surface area contributed by atoms with Gasteiger partial charge in [0.05, 0.1) is 25.4 Å². The molecule has 0 saturated carbocycles. The highest BCUT2D eigenvalue weighted by Crippen LogP contribution is 2.19. The molecule has 0 aliphatic rings. The van der Waals surface area contributed by atoms with Crippen molar-refractivity contribution in [1.29, 1.82) is 0 Å². The fraction of sp³-hybridized carbons (Fsp3) is 0.920. The molecular formula is C75H145NO5. The first kappa shape index (κ1) is 79.3. The highest BCUT2D eigenvalue weighted by molar-refractivity contribution is 5.76. The van der Waals surface area contributed by atoms with E-state index in [0.29, 0.717) is 25.9 Å². The Bertz CT molecular complexity index is 1270. The molecule has 3 N–H and O–H groups in total. The van der Waals surface area contributed by atoms with Crippen LogP contribution in [0, 0.1) is 0 Å². The van der Waals surface area contributed by atoms with Crippen LogP contribution in [-0.4, -0.2) is 47.4 Å². The molecule has 0 bridgehead atoms. The zero-order valence-corrected chi connectivity index (χ0v) is 55.0. The number of allylic oxidation sites excluding steroid dienone is 4. The first-order valence-electron chi connectivity index (χ1n) is 37.1. The van der Waals surface area contributed by atoms with Crippen molar-refractivity contribution in [2.24, 2.45) is 0 Å². The molecule has 81 heavy (non-hydrogen) atoms. The Balaban J connectivity index is 3.33. The number of hydrogen-bond donors (Lipinski definition) is 3. The Labute approximate surface area is 507 Å². The van der Waals surface area contributed by atoms with Crippen molar-refractivity contribution >= 4 is 11.9 Å². The number of nitrogens with one attached hydrogen (secondary N) is 1. The zero-order valence-electron chi connectivity index (χ0n) is 55.0. The van der Waals surface area contributed by atoms with Crippen LogP contribution in [0.3, 0.4) is 0 Å². The van der Waals surface area contributed by atoms with Gasteiger partial charge in [-0.2, -0.15) is 0 Å². The molecule has 0 aliphatic carbocycles. The molecule has 0 aromatic heterocycles. The van der Waals surface area contributed by atoms with Crippen LogP contribution in [-0.2, 0) is 14.3 Å². The first-order valence-corrected chi connectivity index (χ1v) is 37.1. The highest BCUT2D eigenvalue weighted by Gasteiger charge is 2.20. The fourth-order valence-electron chi connectivity index (χ4n) is 11.8. The summed E-state index contributed by atoms with van der Waals surface area (Å²) in [6.07, 6.45) is 89.7. The van der Waals surface area contributed by atoms with Gasteiger partial charge in [0.2, 0.25) is 5.91 Å². The van der Waals surface area contributed by atoms with Crippen molar-refractivity contribution in [2.75, 3.05) is 13.2 Å². The van der Waals surface area contributed by atoms with Crippen molar-refractivity contribution in [3.05, 3.63) is 24.3 Å². The SMILES string of the molecule is CCCCCCC/C=C\CCCCCCCC(=O)OCCCCCCCCCCCCCCCC/C=C\CCCCCCCCCCCCCCCCCCCC(=O)NC(CO)C(O)CCCCCCCCCCCCCCCCC. The molecule has 0 heterocycles. The van der Waals surface area contributed by atoms with E-state index in [4.69, 9.17) is 4.74 Å². The van der Waals surface area contributed by atoms with E-state index < -0.39 is 12.1 Å². The molecule has 480 valence electrons. The number of hydrogen-bond acceptors (Lipinski definition) is 5. The molecule has 0 radical (unpaired) electrons. The number of aliphatic hydroxyl groups excluding tert-OH is 2. The molecule has 6 nitrogen and oxygen atoms in total. The van der Waals surface area contributed by atoms with E-state index in [1.165, 1.54) is 340 Å². The van der Waals surface area contributed by atoms with E-state index in [2.05, 4.69) is 43.5 Å². The lowest BCUT2D eigenvalue weighted by Gasteiger charge is -2.22. The van der Waals surface area contributed by atoms with Crippen LogP contribution >= 0.6 is 0 Å².